The lowest BCUT2D eigenvalue weighted by Gasteiger charge is -2.10. The summed E-state index contributed by atoms with van der Waals surface area (Å²) in [6, 6.07) is 3.10. The molecule has 1 aromatic heterocycles. The molecule has 9 heteroatoms. The predicted octanol–water partition coefficient (Wildman–Crippen LogP) is 2.80. The molecule has 1 heterocycles. The minimum Gasteiger partial charge on any atom is -0.398 e. The van der Waals surface area contributed by atoms with E-state index >= 15 is 0 Å². The van der Waals surface area contributed by atoms with Crippen LogP contribution in [-0.4, -0.2) is 19.2 Å². The Labute approximate surface area is 134 Å². The summed E-state index contributed by atoms with van der Waals surface area (Å²) in [5.41, 5.74) is 6.82. The normalized spacial score (nSPS) is 11.4. The van der Waals surface area contributed by atoms with Crippen LogP contribution in [0.15, 0.2) is 26.9 Å². The van der Waals surface area contributed by atoms with E-state index in [0.29, 0.717) is 15.7 Å². The molecule has 6 nitrogen and oxygen atoms in total. The number of thiazole rings is 1. The number of nitrogens with one attached hydrogen (secondary N) is 1. The molecule has 3 N–H and O–H groups in total. The molecule has 0 bridgehead atoms. The molecule has 0 unspecified atom stereocenters. The van der Waals surface area contributed by atoms with Crippen molar-refractivity contribution in [2.45, 2.75) is 18.7 Å². The van der Waals surface area contributed by atoms with Gasteiger partial charge in [-0.3, -0.25) is 9.52 Å². The number of ketones is 1. The van der Waals surface area contributed by atoms with Crippen molar-refractivity contribution in [3.05, 3.63) is 33.2 Å². The van der Waals surface area contributed by atoms with Gasteiger partial charge in [0.1, 0.15) is 5.69 Å². The summed E-state index contributed by atoms with van der Waals surface area (Å²) in [5.74, 6) is -0.223. The summed E-state index contributed by atoms with van der Waals surface area (Å²) < 4.78 is 27.7. The number of Topliss-reactive ketones (excluding diaryl/α,β-unsaturated/α-hetero) is 1. The van der Waals surface area contributed by atoms with Crippen LogP contribution in [0.5, 0.6) is 0 Å². The van der Waals surface area contributed by atoms with Gasteiger partial charge in [0.05, 0.1) is 4.90 Å². The summed E-state index contributed by atoms with van der Waals surface area (Å²) in [7, 11) is -3.82. The molecule has 21 heavy (non-hydrogen) atoms. The lowest BCUT2D eigenvalue weighted by Crippen LogP contribution is -2.15. The number of carbonyl (C=O) groups excluding carboxylic acids is 1. The van der Waals surface area contributed by atoms with E-state index < -0.39 is 10.0 Å². The van der Waals surface area contributed by atoms with Crippen LogP contribution in [0.4, 0.5) is 10.8 Å². The Morgan fingerprint density at radius 1 is 1.43 bits per heavy atom. The van der Waals surface area contributed by atoms with Crippen LogP contribution in [0.1, 0.15) is 23.0 Å². The van der Waals surface area contributed by atoms with Gasteiger partial charge in [-0.1, -0.05) is 15.9 Å². The van der Waals surface area contributed by atoms with E-state index in [4.69, 9.17) is 5.73 Å². The molecule has 1 aromatic carbocycles. The predicted molar refractivity (Wildman–Crippen MR) is 86.2 cm³/mol. The summed E-state index contributed by atoms with van der Waals surface area (Å²) in [6.07, 6.45) is 0. The fourth-order valence-electron chi connectivity index (χ4n) is 1.61. The number of sulfonamides is 1. The minimum atomic E-state index is -3.82. The van der Waals surface area contributed by atoms with Crippen molar-refractivity contribution in [3.63, 3.8) is 0 Å². The van der Waals surface area contributed by atoms with Crippen LogP contribution in [0.2, 0.25) is 0 Å². The number of hydrogen-bond acceptors (Lipinski definition) is 6. The van der Waals surface area contributed by atoms with E-state index in [2.05, 4.69) is 25.6 Å². The number of rotatable bonds is 4. The van der Waals surface area contributed by atoms with Gasteiger partial charge in [-0.25, -0.2) is 13.4 Å². The van der Waals surface area contributed by atoms with Gasteiger partial charge in [-0.15, -0.1) is 11.3 Å². The fourth-order valence-corrected chi connectivity index (χ4v) is 4.54. The number of aromatic nitrogens is 1. The van der Waals surface area contributed by atoms with Crippen molar-refractivity contribution < 1.29 is 13.2 Å². The Kier molecular flexibility index (Phi) is 4.35. The highest BCUT2D eigenvalue weighted by Gasteiger charge is 2.21. The van der Waals surface area contributed by atoms with Crippen molar-refractivity contribution >= 4 is 53.9 Å². The monoisotopic (exact) mass is 389 g/mol. The van der Waals surface area contributed by atoms with Crippen LogP contribution in [0, 0.1) is 6.92 Å². The second kappa shape index (κ2) is 5.74. The maximum Gasteiger partial charge on any atom is 0.264 e. The standard InChI is InChI=1S/C12H12BrN3O3S2/c1-6-9(14)3-8(13)4-11(6)21(18,19)16-12-15-10(5-20-12)7(2)17/h3-5H,14H2,1-2H3,(H,15,16). The zero-order valence-electron chi connectivity index (χ0n) is 11.2. The highest BCUT2D eigenvalue weighted by molar-refractivity contribution is 9.10. The molecule has 0 saturated heterocycles. The lowest BCUT2D eigenvalue weighted by atomic mass is 10.2. The minimum absolute atomic E-state index is 0.0638. The lowest BCUT2D eigenvalue weighted by molar-refractivity contribution is 0.101. The van der Waals surface area contributed by atoms with Gasteiger partial charge >= 0.3 is 0 Å². The number of halogens is 1. The average Bonchev–Trinajstić information content (AvgIpc) is 2.81. The third kappa shape index (κ3) is 3.42. The highest BCUT2D eigenvalue weighted by atomic mass is 79.9. The molecule has 2 aromatic rings. The van der Waals surface area contributed by atoms with Crippen molar-refractivity contribution in [1.82, 2.24) is 4.98 Å². The van der Waals surface area contributed by atoms with E-state index in [9.17, 15) is 13.2 Å². The molecule has 0 radical (unpaired) electrons. The van der Waals surface area contributed by atoms with E-state index in [1.54, 1.807) is 13.0 Å². The Hall–Kier alpha value is -1.45. The number of nitrogens with zero attached hydrogens (tertiary/aromatic N) is 1. The number of nitrogens with two attached hydrogens (primary N) is 1. The molecule has 0 amide bonds. The first kappa shape index (κ1) is 15.9. The van der Waals surface area contributed by atoms with Gasteiger partial charge in [-0.05, 0) is 24.6 Å². The van der Waals surface area contributed by atoms with Gasteiger partial charge in [0.25, 0.3) is 10.0 Å². The van der Waals surface area contributed by atoms with Crippen LogP contribution >= 0.6 is 27.3 Å². The van der Waals surface area contributed by atoms with Gasteiger partial charge in [0, 0.05) is 22.5 Å². The number of anilines is 2. The van der Waals surface area contributed by atoms with Crippen LogP contribution in [-0.2, 0) is 10.0 Å². The van der Waals surface area contributed by atoms with E-state index in [-0.39, 0.29) is 21.5 Å². The first-order chi connectivity index (χ1) is 9.70. The Morgan fingerprint density at radius 3 is 2.67 bits per heavy atom. The largest absolute Gasteiger partial charge is 0.398 e. The molecule has 2 rings (SSSR count). The third-order valence-corrected chi connectivity index (χ3v) is 5.55. The van der Waals surface area contributed by atoms with Gasteiger partial charge < -0.3 is 5.73 Å². The quantitative estimate of drug-likeness (QED) is 0.618. The van der Waals surface area contributed by atoms with Crippen molar-refractivity contribution in [2.75, 3.05) is 10.5 Å². The maximum atomic E-state index is 12.4. The first-order valence-electron chi connectivity index (χ1n) is 5.75. The van der Waals surface area contributed by atoms with E-state index in [1.165, 1.54) is 18.4 Å². The number of nitrogen functional groups attached to an aromatic ring is 1. The molecule has 0 aliphatic carbocycles. The smallest absolute Gasteiger partial charge is 0.264 e. The summed E-state index contributed by atoms with van der Waals surface area (Å²) in [4.78, 5) is 15.2. The molecule has 0 aliphatic heterocycles. The van der Waals surface area contributed by atoms with Crippen LogP contribution in [0.3, 0.4) is 0 Å². The van der Waals surface area contributed by atoms with Gasteiger partial charge in [0.2, 0.25) is 0 Å². The van der Waals surface area contributed by atoms with Gasteiger partial charge in [0.15, 0.2) is 10.9 Å². The summed E-state index contributed by atoms with van der Waals surface area (Å²) in [6.45, 7) is 2.99. The second-order valence-corrected chi connectivity index (χ2v) is 7.74. The van der Waals surface area contributed by atoms with Crippen LogP contribution in [0.25, 0.3) is 0 Å². The number of carbonyl (C=O) groups is 1. The maximum absolute atomic E-state index is 12.4. The topological polar surface area (TPSA) is 102 Å². The molecule has 0 atom stereocenters. The molecule has 0 fully saturated rings. The summed E-state index contributed by atoms with van der Waals surface area (Å²) in [5, 5.41) is 1.64. The Bertz CT molecular complexity index is 815. The Morgan fingerprint density at radius 2 is 2.10 bits per heavy atom. The van der Waals surface area contributed by atoms with Crippen molar-refractivity contribution in [2.24, 2.45) is 0 Å². The average molecular weight is 390 g/mol. The molecule has 0 saturated carbocycles. The molecular formula is C12H12BrN3O3S2. The van der Waals surface area contributed by atoms with E-state index in [0.717, 1.165) is 11.3 Å². The molecule has 0 spiro atoms. The molecule has 112 valence electrons. The second-order valence-electron chi connectivity index (χ2n) is 4.32. The SMILES string of the molecule is CC(=O)c1csc(NS(=O)(=O)c2cc(Br)cc(N)c2C)n1. The summed E-state index contributed by atoms with van der Waals surface area (Å²) >= 11 is 4.27. The van der Waals surface area contributed by atoms with Crippen molar-refractivity contribution in [3.8, 4) is 0 Å². The van der Waals surface area contributed by atoms with Crippen molar-refractivity contribution in [1.29, 1.82) is 0 Å². The Balaban J connectivity index is 2.40. The zero-order valence-corrected chi connectivity index (χ0v) is 14.4. The van der Waals surface area contributed by atoms with E-state index in [1.807, 2.05) is 0 Å². The highest BCUT2D eigenvalue weighted by Crippen LogP contribution is 2.28. The number of benzene rings is 1. The fraction of sp³-hybridized carbons (Fsp3) is 0.167. The molecule has 0 aliphatic rings. The molecular weight excluding hydrogens is 378 g/mol. The van der Waals surface area contributed by atoms with Gasteiger partial charge in [-0.2, -0.15) is 0 Å². The zero-order chi connectivity index (χ0) is 15.8. The third-order valence-electron chi connectivity index (χ3n) is 2.74. The van der Waals surface area contributed by atoms with Crippen LogP contribution < -0.4 is 10.5 Å². The first-order valence-corrected chi connectivity index (χ1v) is 8.91. The number of hydrogen-bond donors (Lipinski definition) is 2.